The van der Waals surface area contributed by atoms with Gasteiger partial charge in [0.25, 0.3) is 0 Å². The highest BCUT2D eigenvalue weighted by Gasteiger charge is 2.76. The Hall–Kier alpha value is 0. The lowest BCUT2D eigenvalue weighted by molar-refractivity contribution is -0.301. The summed E-state index contributed by atoms with van der Waals surface area (Å²) in [4.78, 5) is 0. The molecule has 0 spiro atoms. The van der Waals surface area contributed by atoms with Gasteiger partial charge in [-0.2, -0.15) is 0 Å². The van der Waals surface area contributed by atoms with Gasteiger partial charge in [0, 0.05) is 0 Å². The summed E-state index contributed by atoms with van der Waals surface area (Å²) in [6, 6.07) is 0. The van der Waals surface area contributed by atoms with Crippen LogP contribution in [0.25, 0.3) is 0 Å². The fraction of sp³-hybridized carbons (Fsp3) is 1.00. The van der Waals surface area contributed by atoms with Crippen LogP contribution < -0.4 is 0 Å². The van der Waals surface area contributed by atoms with Crippen LogP contribution in [0.3, 0.4) is 0 Å². The third kappa shape index (κ3) is 2.17. The Morgan fingerprint density at radius 1 is 0.600 bits per heavy atom. The van der Waals surface area contributed by atoms with E-state index in [-0.39, 0.29) is 0 Å². The lowest BCUT2D eigenvalue weighted by Gasteiger charge is -2.78. The SMILES string of the molecule is CC1CC2(C)C(C)(C(C)C1C)C(C)C(C)C1C3CC(C)C(C)(C)C3(C)CC(C)C12C. The van der Waals surface area contributed by atoms with Crippen LogP contribution in [0.1, 0.15) is 109 Å². The van der Waals surface area contributed by atoms with Gasteiger partial charge in [-0.05, 0) is 99.6 Å². The molecule has 4 aliphatic carbocycles. The molecule has 0 N–H and O–H groups in total. The van der Waals surface area contributed by atoms with Crippen LogP contribution in [0, 0.1) is 80.3 Å². The standard InChI is InChI=1S/C30H54/c1-17-15-28(11)29(12)19(3)16-27(10)24(14-18(2)26(27,8)9)25(29)21(5)23(7)30(28,13)22(6)20(17)4/h17-25H,14-16H2,1-13H3. The van der Waals surface area contributed by atoms with Crippen LogP contribution >= 0.6 is 0 Å². The molecule has 0 aromatic carbocycles. The fourth-order valence-electron chi connectivity index (χ4n) is 11.5. The minimum absolute atomic E-state index is 0.429. The summed E-state index contributed by atoms with van der Waals surface area (Å²) >= 11 is 0. The van der Waals surface area contributed by atoms with E-state index in [1.807, 2.05) is 0 Å². The fourth-order valence-corrected chi connectivity index (χ4v) is 11.5. The zero-order valence-electron chi connectivity index (χ0n) is 22.8. The molecule has 0 heteroatoms. The van der Waals surface area contributed by atoms with Gasteiger partial charge in [-0.15, -0.1) is 0 Å². The van der Waals surface area contributed by atoms with E-state index in [1.54, 1.807) is 0 Å². The molecule has 0 amide bonds. The molecular weight excluding hydrogens is 360 g/mol. The van der Waals surface area contributed by atoms with Crippen molar-refractivity contribution in [3.05, 3.63) is 0 Å². The molecule has 0 heterocycles. The Bertz CT molecular complexity index is 705. The van der Waals surface area contributed by atoms with Crippen LogP contribution in [-0.2, 0) is 0 Å². The normalized spacial score (nSPS) is 64.9. The molecule has 13 atom stereocenters. The van der Waals surface area contributed by atoms with Crippen molar-refractivity contribution >= 4 is 0 Å². The zero-order chi connectivity index (χ0) is 22.8. The molecule has 0 radical (unpaired) electrons. The lowest BCUT2D eigenvalue weighted by atomic mass is 9.27. The minimum atomic E-state index is 0.429. The number of rotatable bonds is 0. The second-order valence-electron chi connectivity index (χ2n) is 14.9. The average molecular weight is 415 g/mol. The Kier molecular flexibility index (Phi) is 4.88. The first-order valence-electron chi connectivity index (χ1n) is 13.5. The maximum atomic E-state index is 2.80. The Morgan fingerprint density at radius 2 is 1.13 bits per heavy atom. The van der Waals surface area contributed by atoms with Crippen LogP contribution in [-0.4, -0.2) is 0 Å². The third-order valence-corrected chi connectivity index (χ3v) is 15.1. The van der Waals surface area contributed by atoms with E-state index in [9.17, 15) is 0 Å². The molecule has 0 aromatic rings. The quantitative estimate of drug-likeness (QED) is 0.371. The van der Waals surface area contributed by atoms with Gasteiger partial charge >= 0.3 is 0 Å². The first-order valence-corrected chi connectivity index (χ1v) is 13.5. The molecule has 0 nitrogen and oxygen atoms in total. The Labute approximate surface area is 189 Å². The van der Waals surface area contributed by atoms with Gasteiger partial charge in [-0.1, -0.05) is 90.0 Å². The second kappa shape index (κ2) is 6.32. The van der Waals surface area contributed by atoms with Crippen LogP contribution in [0.5, 0.6) is 0 Å². The van der Waals surface area contributed by atoms with Gasteiger partial charge in [-0.3, -0.25) is 0 Å². The smallest absolute Gasteiger partial charge is 0.0205 e. The molecule has 0 saturated heterocycles. The van der Waals surface area contributed by atoms with E-state index in [0.717, 1.165) is 53.3 Å². The Balaban J connectivity index is 1.94. The minimum Gasteiger partial charge on any atom is -0.0622 e. The van der Waals surface area contributed by atoms with Gasteiger partial charge in [-0.25, -0.2) is 0 Å². The van der Waals surface area contributed by atoms with Crippen molar-refractivity contribution in [2.45, 2.75) is 109 Å². The molecule has 0 bridgehead atoms. The van der Waals surface area contributed by atoms with Crippen LogP contribution in [0.4, 0.5) is 0 Å². The van der Waals surface area contributed by atoms with E-state index in [1.165, 1.54) is 19.3 Å². The molecule has 0 aliphatic heterocycles. The predicted octanol–water partition coefficient (Wildman–Crippen LogP) is 8.95. The summed E-state index contributed by atoms with van der Waals surface area (Å²) < 4.78 is 0. The van der Waals surface area contributed by atoms with Crippen LogP contribution in [0.2, 0.25) is 0 Å². The van der Waals surface area contributed by atoms with E-state index in [0.29, 0.717) is 27.1 Å². The number of fused-ring (bicyclic) bond motifs is 5. The summed E-state index contributed by atoms with van der Waals surface area (Å²) in [6.45, 7) is 34.6. The molecule has 30 heavy (non-hydrogen) atoms. The van der Waals surface area contributed by atoms with Gasteiger partial charge in [0.15, 0.2) is 0 Å². The predicted molar refractivity (Wildman–Crippen MR) is 131 cm³/mol. The first-order chi connectivity index (χ1) is 13.5. The van der Waals surface area contributed by atoms with Crippen LogP contribution in [0.15, 0.2) is 0 Å². The maximum absolute atomic E-state index is 2.80. The molecule has 4 aliphatic rings. The topological polar surface area (TPSA) is 0 Å². The average Bonchev–Trinajstić information content (AvgIpc) is 2.82. The molecule has 4 rings (SSSR count). The van der Waals surface area contributed by atoms with Gasteiger partial charge < -0.3 is 0 Å². The summed E-state index contributed by atoms with van der Waals surface area (Å²) in [6.07, 6.45) is 4.33. The second-order valence-corrected chi connectivity index (χ2v) is 14.9. The van der Waals surface area contributed by atoms with E-state index in [4.69, 9.17) is 0 Å². The van der Waals surface area contributed by atoms with Crippen molar-refractivity contribution < 1.29 is 0 Å². The summed E-state index contributed by atoms with van der Waals surface area (Å²) in [5.41, 5.74) is 2.26. The highest BCUT2D eigenvalue weighted by molar-refractivity contribution is 5.23. The first kappa shape index (κ1) is 23.2. The molecule has 4 fully saturated rings. The molecule has 13 unspecified atom stereocenters. The molecular formula is C30H54. The Morgan fingerprint density at radius 3 is 1.70 bits per heavy atom. The van der Waals surface area contributed by atoms with Gasteiger partial charge in [0.05, 0.1) is 0 Å². The van der Waals surface area contributed by atoms with Crippen molar-refractivity contribution in [3.63, 3.8) is 0 Å². The molecule has 4 saturated carbocycles. The monoisotopic (exact) mass is 414 g/mol. The maximum Gasteiger partial charge on any atom is -0.0205 e. The largest absolute Gasteiger partial charge is 0.0622 e. The number of hydrogen-bond acceptors (Lipinski definition) is 0. The molecule has 0 aromatic heterocycles. The van der Waals surface area contributed by atoms with Gasteiger partial charge in [0.1, 0.15) is 0 Å². The third-order valence-electron chi connectivity index (χ3n) is 15.1. The van der Waals surface area contributed by atoms with Crippen molar-refractivity contribution in [1.82, 2.24) is 0 Å². The van der Waals surface area contributed by atoms with Crippen molar-refractivity contribution in [1.29, 1.82) is 0 Å². The van der Waals surface area contributed by atoms with E-state index < -0.39 is 0 Å². The zero-order valence-corrected chi connectivity index (χ0v) is 22.8. The number of hydrogen-bond donors (Lipinski definition) is 0. The van der Waals surface area contributed by atoms with Gasteiger partial charge in [0.2, 0.25) is 0 Å². The lowest BCUT2D eigenvalue weighted by Crippen LogP contribution is -2.72. The summed E-state index contributed by atoms with van der Waals surface area (Å²) in [5, 5.41) is 0. The van der Waals surface area contributed by atoms with Crippen molar-refractivity contribution in [2.75, 3.05) is 0 Å². The molecule has 174 valence electrons. The highest BCUT2D eigenvalue weighted by atomic mass is 14.8. The van der Waals surface area contributed by atoms with Crippen molar-refractivity contribution in [2.24, 2.45) is 80.3 Å². The van der Waals surface area contributed by atoms with E-state index in [2.05, 4.69) is 90.0 Å². The van der Waals surface area contributed by atoms with E-state index >= 15 is 0 Å². The van der Waals surface area contributed by atoms with Crippen molar-refractivity contribution in [3.8, 4) is 0 Å². The highest BCUT2D eigenvalue weighted by Crippen LogP contribution is 2.82. The summed E-state index contributed by atoms with van der Waals surface area (Å²) in [7, 11) is 0. The summed E-state index contributed by atoms with van der Waals surface area (Å²) in [5.74, 6) is 7.53.